The van der Waals surface area contributed by atoms with Crippen molar-refractivity contribution in [1.29, 1.82) is 0 Å². The fourth-order valence-corrected chi connectivity index (χ4v) is 1.52. The number of unbranched alkanes of at least 4 members (excludes halogenated alkanes) is 4. The zero-order valence-corrected chi connectivity index (χ0v) is 14.8. The Hall–Kier alpha value is -0.0503. The van der Waals surface area contributed by atoms with Crippen LogP contribution in [0.15, 0.2) is 24.3 Å². The molecule has 0 amide bonds. The van der Waals surface area contributed by atoms with Crippen molar-refractivity contribution < 1.29 is 12.8 Å². The van der Waals surface area contributed by atoms with E-state index in [0.717, 1.165) is 12.8 Å². The molecule has 0 unspecified atom stereocenters. The maximum absolute atomic E-state index is 10.0. The third-order valence-corrected chi connectivity index (χ3v) is 2.71. The molecule has 106 valence electrons. The van der Waals surface area contributed by atoms with E-state index in [2.05, 4.69) is 45.0 Å². The van der Waals surface area contributed by atoms with Crippen molar-refractivity contribution in [1.82, 2.24) is 0 Å². The maximum atomic E-state index is 10.0. The van der Waals surface area contributed by atoms with Gasteiger partial charge in [-0.2, -0.15) is 0 Å². The Balaban J connectivity index is -0.000000122. The summed E-state index contributed by atoms with van der Waals surface area (Å²) in [6.07, 6.45) is 5.88. The number of benzene rings is 1. The van der Waals surface area contributed by atoms with Crippen molar-refractivity contribution in [2.75, 3.05) is 0 Å². The normalized spacial score (nSPS) is 9.00. The van der Waals surface area contributed by atoms with E-state index in [9.17, 15) is 4.79 Å². The van der Waals surface area contributed by atoms with Crippen molar-refractivity contribution in [3.63, 3.8) is 0 Å². The molecule has 0 radical (unpaired) electrons. The molecule has 0 atom stereocenters. The molecule has 1 N–H and O–H groups in total. The molecule has 3 heteroatoms. The Morgan fingerprint density at radius 2 is 1.42 bits per heavy atom. The number of carboxylic acids is 1. The summed E-state index contributed by atoms with van der Waals surface area (Å²) in [4.78, 5) is 10.0. The summed E-state index contributed by atoms with van der Waals surface area (Å²) in [6.45, 7) is 6.34. The summed E-state index contributed by atoms with van der Waals surface area (Å²) < 4.78 is 0. The van der Waals surface area contributed by atoms with Crippen LogP contribution in [0.5, 0.6) is 0 Å². The molecule has 0 aliphatic heterocycles. The van der Waals surface area contributed by atoms with Crippen LogP contribution in [0, 0.1) is 13.8 Å². The molecule has 2 nitrogen and oxygen atoms in total. The van der Waals surface area contributed by atoms with Gasteiger partial charge in [-0.3, -0.25) is 4.79 Å². The fourth-order valence-electron chi connectivity index (χ4n) is 1.52. The fraction of sp³-hybridized carbons (Fsp3) is 0.562. The molecule has 0 fully saturated rings. The van der Waals surface area contributed by atoms with E-state index in [1.54, 1.807) is 0 Å². The quantitative estimate of drug-likeness (QED) is 0.615. The van der Waals surface area contributed by atoms with Gasteiger partial charge in [-0.05, 0) is 20.3 Å². The monoisotopic (exact) mass is 292 g/mol. The van der Waals surface area contributed by atoms with Crippen molar-refractivity contribution in [2.45, 2.75) is 59.3 Å². The molecule has 0 spiro atoms. The number of carboxylic acid groups (broad SMARTS) is 1. The first kappa shape index (κ1) is 21.3. The third-order valence-electron chi connectivity index (χ3n) is 2.71. The van der Waals surface area contributed by atoms with Crippen LogP contribution in [0.25, 0.3) is 0 Å². The van der Waals surface area contributed by atoms with Crippen LogP contribution >= 0.6 is 0 Å². The van der Waals surface area contributed by atoms with Gasteiger partial charge < -0.3 is 7.96 Å². The van der Waals surface area contributed by atoms with Crippen LogP contribution in [0.1, 0.15) is 59.4 Å². The predicted octanol–water partition coefficient (Wildman–Crippen LogP) is 4.58. The third kappa shape index (κ3) is 15.9. The van der Waals surface area contributed by atoms with E-state index >= 15 is 0 Å². The minimum absolute atomic E-state index is 0. The van der Waals surface area contributed by atoms with Crippen LogP contribution in [-0.4, -0.2) is 48.8 Å². The van der Waals surface area contributed by atoms with E-state index in [-0.39, 0.29) is 40.6 Å². The first-order valence-electron chi connectivity index (χ1n) is 6.81. The van der Waals surface area contributed by atoms with Crippen LogP contribution in [0.4, 0.5) is 0 Å². The van der Waals surface area contributed by atoms with E-state index in [1.165, 1.54) is 30.4 Å². The zero-order valence-electron chi connectivity index (χ0n) is 14.6. The second-order valence-electron chi connectivity index (χ2n) is 4.71. The Kier molecular flexibility index (Phi) is 16.1. The number of hydrogen-bond acceptors (Lipinski definition) is 1. The van der Waals surface area contributed by atoms with E-state index in [1.807, 2.05) is 0 Å². The van der Waals surface area contributed by atoms with Gasteiger partial charge in [-0.15, -0.1) is 0 Å². The van der Waals surface area contributed by atoms with Gasteiger partial charge in [0.1, 0.15) is 0 Å². The molecule has 0 aromatic heterocycles. The summed E-state index contributed by atoms with van der Waals surface area (Å²) in [5, 5.41) is 8.27. The number of aryl methyl sites for hydroxylation is 2. The van der Waals surface area contributed by atoms with E-state index in [4.69, 9.17) is 5.11 Å². The molecule has 0 saturated heterocycles. The Labute approximate surface area is 150 Å². The van der Waals surface area contributed by atoms with E-state index in [0.29, 0.717) is 6.42 Å². The Morgan fingerprint density at radius 3 is 1.79 bits per heavy atom. The topological polar surface area (TPSA) is 37.3 Å². The number of rotatable bonds is 6. The summed E-state index contributed by atoms with van der Waals surface area (Å²) in [5.74, 6) is -0.670. The van der Waals surface area contributed by atoms with E-state index < -0.39 is 5.97 Å². The first-order valence-corrected chi connectivity index (χ1v) is 6.81. The van der Waals surface area contributed by atoms with Crippen LogP contribution < -0.4 is 0 Å². The Morgan fingerprint density at radius 1 is 1.00 bits per heavy atom. The molecule has 0 saturated carbocycles. The van der Waals surface area contributed by atoms with Crippen LogP contribution in [-0.2, 0) is 4.79 Å². The van der Waals surface area contributed by atoms with Crippen molar-refractivity contribution in [3.05, 3.63) is 35.4 Å². The summed E-state index contributed by atoms with van der Waals surface area (Å²) in [6, 6.07) is 8.48. The molecule has 0 aliphatic carbocycles. The van der Waals surface area contributed by atoms with Gasteiger partial charge in [0.25, 0.3) is 0 Å². The van der Waals surface area contributed by atoms with Crippen LogP contribution in [0.2, 0.25) is 0 Å². The van der Waals surface area contributed by atoms with Crippen molar-refractivity contribution in [2.24, 2.45) is 0 Å². The Bertz CT molecular complexity index is 309. The first-order chi connectivity index (χ1) is 8.56. The molecular formula is C16H28CaO2. The van der Waals surface area contributed by atoms with Gasteiger partial charge in [-0.25, -0.2) is 0 Å². The van der Waals surface area contributed by atoms with Gasteiger partial charge in [0, 0.05) is 6.42 Å². The average Bonchev–Trinajstić information content (AvgIpc) is 2.33. The zero-order chi connectivity index (χ0) is 13.8. The minimum atomic E-state index is -0.670. The second-order valence-corrected chi connectivity index (χ2v) is 4.71. The van der Waals surface area contributed by atoms with Crippen LogP contribution in [0.3, 0.4) is 0 Å². The molecule has 1 rings (SSSR count). The number of aliphatic carboxylic acids is 1. The molecule has 0 heterocycles. The summed E-state index contributed by atoms with van der Waals surface area (Å²) >= 11 is 0. The average molecular weight is 292 g/mol. The smallest absolute Gasteiger partial charge is 1.00 e. The predicted molar refractivity (Wildman–Crippen MR) is 84.9 cm³/mol. The van der Waals surface area contributed by atoms with Gasteiger partial charge in [0.15, 0.2) is 0 Å². The van der Waals surface area contributed by atoms with Gasteiger partial charge >= 0.3 is 43.7 Å². The number of hydrogen-bond donors (Lipinski definition) is 1. The second kappa shape index (κ2) is 14.4. The standard InChI is InChI=1S/C8H16O2.C8H10.Ca.2H/c1-2-3-4-5-6-7-8(9)10;1-7-3-5-8(2)6-4-7;;;/h2-7H2,1H3,(H,9,10);3-6H,1-2H3;;;/q;;+2;2*-1. The molecule has 19 heavy (non-hydrogen) atoms. The molecule has 1 aromatic rings. The minimum Gasteiger partial charge on any atom is -1.00 e. The van der Waals surface area contributed by atoms with Crippen molar-refractivity contribution in [3.8, 4) is 0 Å². The number of carbonyl (C=O) groups is 1. The van der Waals surface area contributed by atoms with Crippen molar-refractivity contribution >= 4 is 43.7 Å². The van der Waals surface area contributed by atoms with Gasteiger partial charge in [0.05, 0.1) is 0 Å². The largest absolute Gasteiger partial charge is 2.00 e. The van der Waals surface area contributed by atoms with Gasteiger partial charge in [0.2, 0.25) is 0 Å². The van der Waals surface area contributed by atoms with Gasteiger partial charge in [-0.1, -0.05) is 68.0 Å². The maximum Gasteiger partial charge on any atom is 2.00 e. The molecule has 0 aliphatic rings. The SMILES string of the molecule is CCCCCCCC(=O)O.Cc1ccc(C)cc1.[Ca+2].[H-].[H-]. The molecule has 0 bridgehead atoms. The summed E-state index contributed by atoms with van der Waals surface area (Å²) in [5.41, 5.74) is 2.66. The molecule has 1 aromatic carbocycles. The molecular weight excluding hydrogens is 264 g/mol. The summed E-state index contributed by atoms with van der Waals surface area (Å²) in [7, 11) is 0.